The predicted molar refractivity (Wildman–Crippen MR) is 67.6 cm³/mol. The summed E-state index contributed by atoms with van der Waals surface area (Å²) < 4.78 is 4.92. The van der Waals surface area contributed by atoms with E-state index in [4.69, 9.17) is 4.74 Å². The van der Waals surface area contributed by atoms with Crippen LogP contribution in [-0.2, 0) is 14.3 Å². The summed E-state index contributed by atoms with van der Waals surface area (Å²) in [6, 6.07) is 0. The van der Waals surface area contributed by atoms with Crippen LogP contribution in [0.4, 0.5) is 0 Å². The molecule has 0 saturated heterocycles. The number of nitrogens with zero attached hydrogens (tertiary/aromatic N) is 1. The lowest BCUT2D eigenvalue weighted by Crippen LogP contribution is -2.40. The van der Waals surface area contributed by atoms with Crippen molar-refractivity contribution in [3.05, 3.63) is 0 Å². The fourth-order valence-corrected chi connectivity index (χ4v) is 1.59. The fourth-order valence-electron chi connectivity index (χ4n) is 1.59. The number of amides is 1. The Morgan fingerprint density at radius 2 is 1.59 bits per heavy atom. The van der Waals surface area contributed by atoms with Crippen molar-refractivity contribution in [1.82, 2.24) is 4.90 Å². The van der Waals surface area contributed by atoms with Gasteiger partial charge in [0.05, 0.1) is 0 Å². The third-order valence-corrected chi connectivity index (χ3v) is 2.57. The Balaban J connectivity index is 4.32. The van der Waals surface area contributed by atoms with Gasteiger partial charge in [-0.15, -0.1) is 0 Å². The van der Waals surface area contributed by atoms with Crippen LogP contribution in [0.1, 0.15) is 53.4 Å². The highest BCUT2D eigenvalue weighted by Gasteiger charge is 2.21. The maximum Gasteiger partial charge on any atom is 0.303 e. The Hall–Kier alpha value is -1.06. The molecule has 0 aromatic rings. The minimum atomic E-state index is -0.666. The zero-order chi connectivity index (χ0) is 13.3. The monoisotopic (exact) mass is 243 g/mol. The second-order valence-corrected chi connectivity index (χ2v) is 4.28. The number of hydrogen-bond acceptors (Lipinski definition) is 3. The molecule has 0 spiro atoms. The molecule has 0 bridgehead atoms. The summed E-state index contributed by atoms with van der Waals surface area (Å²) in [4.78, 5) is 24.7. The lowest BCUT2D eigenvalue weighted by molar-refractivity contribution is -0.157. The van der Waals surface area contributed by atoms with Gasteiger partial charge in [0.1, 0.15) is 0 Å². The normalized spacial score (nSPS) is 12.0. The molecule has 1 atom stereocenters. The van der Waals surface area contributed by atoms with Crippen molar-refractivity contribution in [1.29, 1.82) is 0 Å². The molecule has 0 aliphatic rings. The Morgan fingerprint density at radius 1 is 1.12 bits per heavy atom. The molecule has 0 aromatic carbocycles. The summed E-state index contributed by atoms with van der Waals surface area (Å²) in [5.74, 6) is -0.487. The molecular formula is C13H25NO3. The van der Waals surface area contributed by atoms with E-state index in [9.17, 15) is 9.59 Å². The van der Waals surface area contributed by atoms with Gasteiger partial charge in [-0.2, -0.15) is 0 Å². The van der Waals surface area contributed by atoms with Crippen molar-refractivity contribution in [3.8, 4) is 0 Å². The molecule has 0 unspecified atom stereocenters. The minimum Gasteiger partial charge on any atom is -0.453 e. The Labute approximate surface area is 104 Å². The Morgan fingerprint density at radius 3 is 1.94 bits per heavy atom. The maximum atomic E-state index is 12.0. The summed E-state index contributed by atoms with van der Waals surface area (Å²) in [5.41, 5.74) is 0. The first-order valence-electron chi connectivity index (χ1n) is 6.48. The molecule has 17 heavy (non-hydrogen) atoms. The minimum absolute atomic E-state index is 0.0814. The van der Waals surface area contributed by atoms with Crippen molar-refractivity contribution in [2.75, 3.05) is 13.1 Å². The van der Waals surface area contributed by atoms with Crippen molar-refractivity contribution in [2.24, 2.45) is 0 Å². The summed E-state index contributed by atoms with van der Waals surface area (Å²) in [6.07, 6.45) is 3.42. The van der Waals surface area contributed by atoms with Gasteiger partial charge in [-0.3, -0.25) is 9.59 Å². The SMILES string of the molecule is CCCCN(CCCC)C(=O)[C@H](C)OC(C)=O. The van der Waals surface area contributed by atoms with Crippen LogP contribution in [0.15, 0.2) is 0 Å². The van der Waals surface area contributed by atoms with Gasteiger partial charge in [-0.25, -0.2) is 0 Å². The third kappa shape index (κ3) is 6.97. The fraction of sp³-hybridized carbons (Fsp3) is 0.846. The molecular weight excluding hydrogens is 218 g/mol. The molecule has 0 N–H and O–H groups in total. The Bertz CT molecular complexity index is 233. The van der Waals surface area contributed by atoms with E-state index < -0.39 is 12.1 Å². The molecule has 0 rings (SSSR count). The summed E-state index contributed by atoms with van der Waals surface area (Å²) in [6.45, 7) is 8.65. The average Bonchev–Trinajstić information content (AvgIpc) is 2.27. The number of carbonyl (C=O) groups is 2. The van der Waals surface area contributed by atoms with Crippen LogP contribution in [0.2, 0.25) is 0 Å². The van der Waals surface area contributed by atoms with Crippen LogP contribution in [0.5, 0.6) is 0 Å². The van der Waals surface area contributed by atoms with Gasteiger partial charge in [0.15, 0.2) is 6.10 Å². The molecule has 4 nitrogen and oxygen atoms in total. The topological polar surface area (TPSA) is 46.6 Å². The standard InChI is InChI=1S/C13H25NO3/c1-5-7-9-14(10-8-6-2)13(16)11(3)17-12(4)15/h11H,5-10H2,1-4H3/t11-/m0/s1. The maximum absolute atomic E-state index is 12.0. The van der Waals surface area contributed by atoms with Crippen LogP contribution in [0, 0.1) is 0 Å². The lowest BCUT2D eigenvalue weighted by Gasteiger charge is -2.25. The first kappa shape index (κ1) is 15.9. The van der Waals surface area contributed by atoms with E-state index >= 15 is 0 Å². The highest BCUT2D eigenvalue weighted by molar-refractivity contribution is 5.83. The molecule has 0 heterocycles. The number of carbonyl (C=O) groups excluding carboxylic acids is 2. The van der Waals surface area contributed by atoms with Crippen LogP contribution < -0.4 is 0 Å². The van der Waals surface area contributed by atoms with Crippen LogP contribution in [0.3, 0.4) is 0 Å². The van der Waals surface area contributed by atoms with Crippen LogP contribution in [-0.4, -0.2) is 36.0 Å². The molecule has 0 radical (unpaired) electrons. The zero-order valence-electron chi connectivity index (χ0n) is 11.5. The van der Waals surface area contributed by atoms with Crippen molar-refractivity contribution in [2.45, 2.75) is 59.5 Å². The van der Waals surface area contributed by atoms with Gasteiger partial charge >= 0.3 is 5.97 Å². The molecule has 0 aliphatic carbocycles. The summed E-state index contributed by atoms with van der Waals surface area (Å²) in [7, 11) is 0. The van der Waals surface area contributed by atoms with Gasteiger partial charge in [-0.05, 0) is 19.8 Å². The van der Waals surface area contributed by atoms with Gasteiger partial charge in [0.25, 0.3) is 5.91 Å². The molecule has 0 fully saturated rings. The van der Waals surface area contributed by atoms with Gasteiger partial charge in [0, 0.05) is 20.0 Å². The van der Waals surface area contributed by atoms with E-state index in [2.05, 4.69) is 13.8 Å². The van der Waals surface area contributed by atoms with E-state index in [1.165, 1.54) is 6.92 Å². The summed E-state index contributed by atoms with van der Waals surface area (Å²) >= 11 is 0. The van der Waals surface area contributed by atoms with Crippen molar-refractivity contribution in [3.63, 3.8) is 0 Å². The zero-order valence-corrected chi connectivity index (χ0v) is 11.5. The molecule has 0 aliphatic heterocycles. The van der Waals surface area contributed by atoms with Crippen LogP contribution >= 0.6 is 0 Å². The molecule has 0 aromatic heterocycles. The van der Waals surface area contributed by atoms with E-state index in [-0.39, 0.29) is 5.91 Å². The van der Waals surface area contributed by atoms with E-state index in [1.807, 2.05) is 0 Å². The van der Waals surface area contributed by atoms with E-state index in [0.717, 1.165) is 38.8 Å². The van der Waals surface area contributed by atoms with Crippen molar-refractivity contribution >= 4 is 11.9 Å². The van der Waals surface area contributed by atoms with Crippen molar-refractivity contribution < 1.29 is 14.3 Å². The predicted octanol–water partition coefficient (Wildman–Crippen LogP) is 2.37. The third-order valence-electron chi connectivity index (χ3n) is 2.57. The Kier molecular flexibility index (Phi) is 8.46. The van der Waals surface area contributed by atoms with E-state index in [0.29, 0.717) is 0 Å². The second-order valence-electron chi connectivity index (χ2n) is 4.28. The lowest BCUT2D eigenvalue weighted by atomic mass is 10.2. The first-order chi connectivity index (χ1) is 8.02. The molecule has 4 heteroatoms. The number of esters is 1. The number of unbranched alkanes of at least 4 members (excludes halogenated alkanes) is 2. The highest BCUT2D eigenvalue weighted by Crippen LogP contribution is 2.05. The number of rotatable bonds is 8. The second kappa shape index (κ2) is 9.02. The smallest absolute Gasteiger partial charge is 0.303 e. The van der Waals surface area contributed by atoms with E-state index in [1.54, 1.807) is 11.8 Å². The molecule has 100 valence electrons. The molecule has 0 saturated carbocycles. The van der Waals surface area contributed by atoms with Gasteiger partial charge in [-0.1, -0.05) is 26.7 Å². The quantitative estimate of drug-likeness (QED) is 0.615. The average molecular weight is 243 g/mol. The first-order valence-corrected chi connectivity index (χ1v) is 6.48. The number of ether oxygens (including phenoxy) is 1. The van der Waals surface area contributed by atoms with Crippen LogP contribution in [0.25, 0.3) is 0 Å². The largest absolute Gasteiger partial charge is 0.453 e. The molecule has 1 amide bonds. The van der Waals surface area contributed by atoms with Gasteiger partial charge < -0.3 is 9.64 Å². The number of hydrogen-bond donors (Lipinski definition) is 0. The summed E-state index contributed by atoms with van der Waals surface area (Å²) in [5, 5.41) is 0. The highest BCUT2D eigenvalue weighted by atomic mass is 16.5. The van der Waals surface area contributed by atoms with Gasteiger partial charge in [0.2, 0.25) is 0 Å².